The SMILES string of the molecule is COC(=O)c1c(OS(=O)(=O)C(F)(F)F)cc(O)c2c1CN(C)C2=O. The first-order chi connectivity index (χ1) is 10.9. The summed E-state index contributed by atoms with van der Waals surface area (Å²) in [6, 6.07) is 0.450. The summed E-state index contributed by atoms with van der Waals surface area (Å²) in [6.07, 6.45) is 0. The minimum Gasteiger partial charge on any atom is -0.507 e. The van der Waals surface area contributed by atoms with Crippen LogP contribution >= 0.6 is 0 Å². The average molecular weight is 369 g/mol. The van der Waals surface area contributed by atoms with E-state index in [9.17, 15) is 36.3 Å². The van der Waals surface area contributed by atoms with Crippen LogP contribution in [0, 0.1) is 0 Å². The molecule has 0 saturated carbocycles. The Labute approximate surface area is 133 Å². The second-order valence-corrected chi connectivity index (χ2v) is 6.30. The van der Waals surface area contributed by atoms with E-state index in [0.717, 1.165) is 12.0 Å². The number of halogens is 3. The van der Waals surface area contributed by atoms with E-state index < -0.39 is 44.6 Å². The summed E-state index contributed by atoms with van der Waals surface area (Å²) in [5.74, 6) is -3.82. The topological polar surface area (TPSA) is 110 Å². The lowest BCUT2D eigenvalue weighted by molar-refractivity contribution is -0.0500. The predicted molar refractivity (Wildman–Crippen MR) is 70.8 cm³/mol. The van der Waals surface area contributed by atoms with Crippen LogP contribution < -0.4 is 4.18 Å². The fourth-order valence-corrected chi connectivity index (χ4v) is 2.61. The quantitative estimate of drug-likeness (QED) is 0.481. The van der Waals surface area contributed by atoms with Gasteiger partial charge < -0.3 is 18.9 Å². The van der Waals surface area contributed by atoms with Crippen LogP contribution in [0.4, 0.5) is 13.2 Å². The van der Waals surface area contributed by atoms with E-state index >= 15 is 0 Å². The third-order valence-electron chi connectivity index (χ3n) is 3.20. The van der Waals surface area contributed by atoms with Crippen LogP contribution in [0.3, 0.4) is 0 Å². The molecule has 0 fully saturated rings. The number of benzene rings is 1. The molecule has 1 aromatic carbocycles. The summed E-state index contributed by atoms with van der Waals surface area (Å²) < 4.78 is 68.1. The van der Waals surface area contributed by atoms with Gasteiger partial charge in [-0.25, -0.2) is 4.79 Å². The van der Waals surface area contributed by atoms with Crippen LogP contribution in [0.2, 0.25) is 0 Å². The fourth-order valence-electron chi connectivity index (χ4n) is 2.15. The number of phenolic OH excluding ortho intramolecular Hbond substituents is 1. The van der Waals surface area contributed by atoms with Crippen LogP contribution in [0.1, 0.15) is 26.3 Å². The first kappa shape index (κ1) is 17.8. The number of nitrogens with zero attached hydrogens (tertiary/aromatic N) is 1. The molecule has 0 unspecified atom stereocenters. The lowest BCUT2D eigenvalue weighted by Gasteiger charge is -2.15. The third kappa shape index (κ3) is 2.72. The predicted octanol–water partition coefficient (Wildman–Crippen LogP) is 0.993. The molecule has 12 heteroatoms. The molecule has 1 amide bonds. The molecule has 1 N–H and O–H groups in total. The molecular weight excluding hydrogens is 359 g/mol. The molecule has 0 saturated heterocycles. The summed E-state index contributed by atoms with van der Waals surface area (Å²) in [5.41, 5.74) is -6.96. The average Bonchev–Trinajstić information content (AvgIpc) is 2.73. The van der Waals surface area contributed by atoms with Gasteiger partial charge >= 0.3 is 21.6 Å². The number of alkyl halides is 3. The number of carbonyl (C=O) groups is 2. The number of methoxy groups -OCH3 is 1. The first-order valence-electron chi connectivity index (χ1n) is 6.14. The summed E-state index contributed by atoms with van der Waals surface area (Å²) in [5, 5.41) is 9.82. The molecule has 24 heavy (non-hydrogen) atoms. The van der Waals surface area contributed by atoms with Crippen molar-refractivity contribution < 1.29 is 45.2 Å². The molecule has 0 aromatic heterocycles. The van der Waals surface area contributed by atoms with Crippen LogP contribution in [0.25, 0.3) is 0 Å². The van der Waals surface area contributed by atoms with E-state index in [-0.39, 0.29) is 17.7 Å². The minimum absolute atomic E-state index is 0.193. The van der Waals surface area contributed by atoms with Crippen LogP contribution in [0.5, 0.6) is 11.5 Å². The standard InChI is InChI=1S/C12H10F3NO7S/c1-16-4-5-8(10(16)18)6(17)3-7(9(5)11(19)22-2)23-24(20,21)12(13,14)15/h3,17H,4H2,1-2H3. The first-order valence-corrected chi connectivity index (χ1v) is 7.55. The van der Waals surface area contributed by atoms with Gasteiger partial charge in [-0.05, 0) is 0 Å². The maximum absolute atomic E-state index is 12.5. The van der Waals surface area contributed by atoms with Crippen molar-refractivity contribution in [3.8, 4) is 11.5 Å². The van der Waals surface area contributed by atoms with Crippen molar-refractivity contribution in [3.63, 3.8) is 0 Å². The number of hydrogen-bond donors (Lipinski definition) is 1. The highest BCUT2D eigenvalue weighted by Crippen LogP contribution is 2.40. The largest absolute Gasteiger partial charge is 0.534 e. The second kappa shape index (κ2) is 5.54. The lowest BCUT2D eigenvalue weighted by Crippen LogP contribution is -2.29. The zero-order valence-electron chi connectivity index (χ0n) is 12.2. The summed E-state index contributed by atoms with van der Waals surface area (Å²) in [4.78, 5) is 24.8. The number of fused-ring (bicyclic) bond motifs is 1. The number of carbonyl (C=O) groups excluding carboxylic acids is 2. The van der Waals surface area contributed by atoms with Gasteiger partial charge in [0.1, 0.15) is 11.3 Å². The number of phenols is 1. The molecule has 1 heterocycles. The van der Waals surface area contributed by atoms with Crippen molar-refractivity contribution in [1.29, 1.82) is 0 Å². The number of rotatable bonds is 3. The Kier molecular flexibility index (Phi) is 4.12. The zero-order valence-corrected chi connectivity index (χ0v) is 13.0. The smallest absolute Gasteiger partial charge is 0.507 e. The van der Waals surface area contributed by atoms with Crippen LogP contribution in [-0.4, -0.2) is 50.0 Å². The van der Waals surface area contributed by atoms with Gasteiger partial charge in [0.05, 0.1) is 12.7 Å². The number of esters is 1. The van der Waals surface area contributed by atoms with E-state index in [1.54, 1.807) is 0 Å². The van der Waals surface area contributed by atoms with E-state index in [4.69, 9.17) is 0 Å². The number of aromatic hydroxyl groups is 1. The van der Waals surface area contributed by atoms with Crippen LogP contribution in [0.15, 0.2) is 6.07 Å². The highest BCUT2D eigenvalue weighted by Gasteiger charge is 2.49. The maximum atomic E-state index is 12.5. The van der Waals surface area contributed by atoms with E-state index in [1.807, 2.05) is 0 Å². The molecule has 0 radical (unpaired) electrons. The van der Waals surface area contributed by atoms with Gasteiger partial charge in [-0.3, -0.25) is 4.79 Å². The highest BCUT2D eigenvalue weighted by atomic mass is 32.2. The lowest BCUT2D eigenvalue weighted by atomic mass is 10.0. The van der Waals surface area contributed by atoms with Crippen molar-refractivity contribution in [2.45, 2.75) is 12.1 Å². The van der Waals surface area contributed by atoms with Crippen LogP contribution in [-0.2, 0) is 21.4 Å². The summed E-state index contributed by atoms with van der Waals surface area (Å²) in [7, 11) is -3.87. The number of ether oxygens (including phenoxy) is 1. The molecule has 0 atom stereocenters. The van der Waals surface area contributed by atoms with Crippen molar-refractivity contribution in [2.75, 3.05) is 14.2 Å². The zero-order chi connectivity index (χ0) is 18.4. The molecule has 0 bridgehead atoms. The summed E-state index contributed by atoms with van der Waals surface area (Å²) in [6.45, 7) is -0.255. The van der Waals surface area contributed by atoms with E-state index in [1.165, 1.54) is 7.05 Å². The Morgan fingerprint density at radius 2 is 1.96 bits per heavy atom. The normalized spacial score (nSPS) is 14.5. The molecule has 132 valence electrons. The van der Waals surface area contributed by atoms with Gasteiger partial charge in [-0.1, -0.05) is 0 Å². The molecule has 1 aliphatic rings. The number of amides is 1. The second-order valence-electron chi connectivity index (χ2n) is 4.76. The molecule has 0 aliphatic carbocycles. The van der Waals surface area contributed by atoms with Crippen molar-refractivity contribution in [3.05, 3.63) is 22.8 Å². The molecule has 1 aromatic rings. The van der Waals surface area contributed by atoms with Gasteiger partial charge in [-0.15, -0.1) is 0 Å². The number of hydrogen-bond acceptors (Lipinski definition) is 7. The van der Waals surface area contributed by atoms with Gasteiger partial charge in [0.2, 0.25) is 0 Å². The Morgan fingerprint density at radius 1 is 1.38 bits per heavy atom. The molecule has 1 aliphatic heterocycles. The molecule has 0 spiro atoms. The van der Waals surface area contributed by atoms with E-state index in [2.05, 4.69) is 8.92 Å². The molecule has 2 rings (SSSR count). The summed E-state index contributed by atoms with van der Waals surface area (Å²) >= 11 is 0. The minimum atomic E-state index is -6.09. The molecule has 8 nitrogen and oxygen atoms in total. The van der Waals surface area contributed by atoms with Crippen molar-refractivity contribution in [2.24, 2.45) is 0 Å². The Hall–Kier alpha value is -2.50. The third-order valence-corrected chi connectivity index (χ3v) is 4.17. The Morgan fingerprint density at radius 3 is 2.46 bits per heavy atom. The molecular formula is C12H10F3NO7S. The van der Waals surface area contributed by atoms with Crippen molar-refractivity contribution in [1.82, 2.24) is 4.90 Å². The fraction of sp³-hybridized carbons (Fsp3) is 0.333. The van der Waals surface area contributed by atoms with Gasteiger partial charge in [0, 0.05) is 25.2 Å². The Bertz CT molecular complexity index is 832. The maximum Gasteiger partial charge on any atom is 0.534 e. The van der Waals surface area contributed by atoms with E-state index in [0.29, 0.717) is 6.07 Å². The Balaban J connectivity index is 2.71. The van der Waals surface area contributed by atoms with Gasteiger partial charge in [0.25, 0.3) is 5.91 Å². The van der Waals surface area contributed by atoms with Gasteiger partial charge in [-0.2, -0.15) is 21.6 Å². The van der Waals surface area contributed by atoms with Crippen molar-refractivity contribution >= 4 is 22.0 Å². The highest BCUT2D eigenvalue weighted by molar-refractivity contribution is 7.88. The monoisotopic (exact) mass is 369 g/mol. The van der Waals surface area contributed by atoms with Gasteiger partial charge in [0.15, 0.2) is 5.75 Å².